The van der Waals surface area contributed by atoms with Crippen LogP contribution < -0.4 is 5.32 Å². The van der Waals surface area contributed by atoms with Gasteiger partial charge in [-0.2, -0.15) is 0 Å². The number of hydrogen-bond donors (Lipinski definition) is 1. The van der Waals surface area contributed by atoms with Crippen molar-refractivity contribution >= 4 is 21.4 Å². The molecule has 4 nitrogen and oxygen atoms in total. The third kappa shape index (κ3) is 3.22. The molecule has 0 unspecified atom stereocenters. The summed E-state index contributed by atoms with van der Waals surface area (Å²) in [5.74, 6) is -0.482. The van der Waals surface area contributed by atoms with Gasteiger partial charge in [0.1, 0.15) is 5.25 Å². The van der Waals surface area contributed by atoms with E-state index in [9.17, 15) is 13.2 Å². The Morgan fingerprint density at radius 3 is 2.50 bits per heavy atom. The zero-order valence-corrected chi connectivity index (χ0v) is 14.4. The van der Waals surface area contributed by atoms with Crippen LogP contribution in [0.2, 0.25) is 0 Å². The Bertz CT molecular complexity index is 831. The molecular weight excluding hydrogens is 322 g/mol. The molecule has 0 bridgehead atoms. The van der Waals surface area contributed by atoms with E-state index in [1.54, 1.807) is 24.3 Å². The molecule has 0 aromatic heterocycles. The molecular formula is C19H21NO3S. The maximum atomic E-state index is 13.0. The van der Waals surface area contributed by atoms with Crippen LogP contribution in [0.25, 0.3) is 0 Å². The van der Waals surface area contributed by atoms with E-state index in [1.807, 2.05) is 30.3 Å². The van der Waals surface area contributed by atoms with Crippen molar-refractivity contribution in [2.24, 2.45) is 0 Å². The Morgan fingerprint density at radius 2 is 1.75 bits per heavy atom. The largest absolute Gasteiger partial charge is 0.325 e. The van der Waals surface area contributed by atoms with Crippen LogP contribution in [0.5, 0.6) is 0 Å². The monoisotopic (exact) mass is 343 g/mol. The lowest BCUT2D eigenvalue weighted by Crippen LogP contribution is -2.36. The molecule has 1 amide bonds. The standard InChI is InChI=1S/C19H21NO3S/c1-14(19(21)20-16-10-3-2-4-11-16)24(22,23)18-13-7-9-15-8-5-6-12-17(15)18/h2-6,8,10-12,14,18H,7,9,13H2,1H3,(H,20,21)/t14-,18+/m1/s1. The molecule has 1 N–H and O–H groups in total. The molecule has 126 valence electrons. The zero-order chi connectivity index (χ0) is 17.2. The van der Waals surface area contributed by atoms with E-state index in [0.717, 1.165) is 24.0 Å². The van der Waals surface area contributed by atoms with Crippen LogP contribution in [0.4, 0.5) is 5.69 Å². The molecule has 3 rings (SSSR count). The number of para-hydroxylation sites is 1. The summed E-state index contributed by atoms with van der Waals surface area (Å²) in [7, 11) is -3.61. The lowest BCUT2D eigenvalue weighted by atomic mass is 9.91. The number of fused-ring (bicyclic) bond motifs is 1. The van der Waals surface area contributed by atoms with Gasteiger partial charge in [-0.15, -0.1) is 0 Å². The number of hydrogen-bond acceptors (Lipinski definition) is 3. The van der Waals surface area contributed by atoms with E-state index in [1.165, 1.54) is 6.92 Å². The van der Waals surface area contributed by atoms with Gasteiger partial charge in [0.15, 0.2) is 9.84 Å². The number of aryl methyl sites for hydroxylation is 1. The highest BCUT2D eigenvalue weighted by Crippen LogP contribution is 2.37. The minimum absolute atomic E-state index is 0.482. The third-order valence-electron chi connectivity index (χ3n) is 4.61. The number of sulfone groups is 1. The average Bonchev–Trinajstić information content (AvgIpc) is 2.61. The normalized spacial score (nSPS) is 18.5. The molecule has 1 aliphatic rings. The average molecular weight is 343 g/mol. The molecule has 5 heteroatoms. The van der Waals surface area contributed by atoms with E-state index in [-0.39, 0.29) is 0 Å². The van der Waals surface area contributed by atoms with Crippen LogP contribution in [0, 0.1) is 0 Å². The van der Waals surface area contributed by atoms with Crippen LogP contribution in [0.3, 0.4) is 0 Å². The fraction of sp³-hybridized carbons (Fsp3) is 0.316. The van der Waals surface area contributed by atoms with Crippen LogP contribution >= 0.6 is 0 Å². The van der Waals surface area contributed by atoms with E-state index in [2.05, 4.69) is 5.32 Å². The van der Waals surface area contributed by atoms with E-state index >= 15 is 0 Å². The predicted molar refractivity (Wildman–Crippen MR) is 95.6 cm³/mol. The fourth-order valence-corrected chi connectivity index (χ4v) is 5.14. The second-order valence-corrected chi connectivity index (χ2v) is 8.62. The topological polar surface area (TPSA) is 63.2 Å². The Labute approximate surface area is 142 Å². The van der Waals surface area contributed by atoms with Crippen molar-refractivity contribution in [1.29, 1.82) is 0 Å². The van der Waals surface area contributed by atoms with Gasteiger partial charge in [-0.1, -0.05) is 42.5 Å². The summed E-state index contributed by atoms with van der Waals surface area (Å²) >= 11 is 0. The van der Waals surface area contributed by atoms with Crippen molar-refractivity contribution in [3.05, 3.63) is 65.7 Å². The summed E-state index contributed by atoms with van der Waals surface area (Å²) in [6, 6.07) is 16.6. The van der Waals surface area contributed by atoms with Crippen molar-refractivity contribution in [3.63, 3.8) is 0 Å². The van der Waals surface area contributed by atoms with Gasteiger partial charge in [-0.25, -0.2) is 8.42 Å². The van der Waals surface area contributed by atoms with Crippen LogP contribution in [-0.2, 0) is 21.1 Å². The number of anilines is 1. The molecule has 0 radical (unpaired) electrons. The van der Waals surface area contributed by atoms with Crippen molar-refractivity contribution in [2.45, 2.75) is 36.7 Å². The molecule has 2 aromatic carbocycles. The molecule has 1 aliphatic carbocycles. The minimum Gasteiger partial charge on any atom is -0.325 e. The van der Waals surface area contributed by atoms with E-state index < -0.39 is 26.2 Å². The maximum Gasteiger partial charge on any atom is 0.242 e. The number of nitrogens with one attached hydrogen (secondary N) is 1. The number of carbonyl (C=O) groups excluding carboxylic acids is 1. The van der Waals surface area contributed by atoms with Crippen LogP contribution in [-0.4, -0.2) is 19.6 Å². The minimum atomic E-state index is -3.61. The number of benzene rings is 2. The highest BCUT2D eigenvalue weighted by atomic mass is 32.2. The van der Waals surface area contributed by atoms with Crippen LogP contribution in [0.1, 0.15) is 36.1 Å². The third-order valence-corrected chi connectivity index (χ3v) is 7.10. The SMILES string of the molecule is C[C@H](C(=O)Nc1ccccc1)S(=O)(=O)[C@H]1CCCc2ccccc21. The van der Waals surface area contributed by atoms with Gasteiger partial charge in [-0.05, 0) is 49.4 Å². The van der Waals surface area contributed by atoms with Crippen molar-refractivity contribution in [2.75, 3.05) is 5.32 Å². The fourth-order valence-electron chi connectivity index (χ4n) is 3.21. The summed E-state index contributed by atoms with van der Waals surface area (Å²) in [6.07, 6.45) is 2.29. The van der Waals surface area contributed by atoms with Crippen LogP contribution in [0.15, 0.2) is 54.6 Å². The Kier molecular flexibility index (Phi) is 4.71. The van der Waals surface area contributed by atoms with Gasteiger partial charge in [0.05, 0.1) is 5.25 Å². The molecule has 24 heavy (non-hydrogen) atoms. The number of rotatable bonds is 4. The number of amides is 1. The lowest BCUT2D eigenvalue weighted by Gasteiger charge is -2.27. The second-order valence-electron chi connectivity index (χ2n) is 6.17. The second kappa shape index (κ2) is 6.77. The highest BCUT2D eigenvalue weighted by Gasteiger charge is 2.38. The Morgan fingerprint density at radius 1 is 1.08 bits per heavy atom. The molecule has 0 aliphatic heterocycles. The summed E-state index contributed by atoms with van der Waals surface area (Å²) in [5.41, 5.74) is 2.53. The number of carbonyl (C=O) groups is 1. The first kappa shape index (κ1) is 16.7. The van der Waals surface area contributed by atoms with Gasteiger partial charge in [0, 0.05) is 5.69 Å². The molecule has 0 spiro atoms. The Balaban J connectivity index is 1.84. The molecule has 2 atom stereocenters. The summed E-state index contributed by atoms with van der Waals surface area (Å²) < 4.78 is 26.0. The predicted octanol–water partition coefficient (Wildman–Crippen LogP) is 3.51. The molecule has 0 saturated carbocycles. The Hall–Kier alpha value is -2.14. The molecule has 0 heterocycles. The van der Waals surface area contributed by atoms with Gasteiger partial charge >= 0.3 is 0 Å². The first-order chi connectivity index (χ1) is 11.5. The van der Waals surface area contributed by atoms with Crippen molar-refractivity contribution in [3.8, 4) is 0 Å². The van der Waals surface area contributed by atoms with Gasteiger partial charge in [0.25, 0.3) is 0 Å². The quantitative estimate of drug-likeness (QED) is 0.924. The van der Waals surface area contributed by atoms with Crippen molar-refractivity contribution < 1.29 is 13.2 Å². The van der Waals surface area contributed by atoms with Gasteiger partial charge < -0.3 is 5.32 Å². The first-order valence-corrected chi connectivity index (χ1v) is 9.77. The van der Waals surface area contributed by atoms with E-state index in [4.69, 9.17) is 0 Å². The maximum absolute atomic E-state index is 13.0. The summed E-state index contributed by atoms with van der Waals surface area (Å²) in [6.45, 7) is 1.48. The zero-order valence-electron chi connectivity index (χ0n) is 13.6. The summed E-state index contributed by atoms with van der Waals surface area (Å²) in [5, 5.41) is 1.01. The molecule has 0 fully saturated rings. The summed E-state index contributed by atoms with van der Waals surface area (Å²) in [4.78, 5) is 12.4. The van der Waals surface area contributed by atoms with E-state index in [0.29, 0.717) is 12.1 Å². The first-order valence-electron chi connectivity index (χ1n) is 8.16. The smallest absolute Gasteiger partial charge is 0.242 e. The highest BCUT2D eigenvalue weighted by molar-refractivity contribution is 7.93. The van der Waals surface area contributed by atoms with Gasteiger partial charge in [0.2, 0.25) is 5.91 Å². The lowest BCUT2D eigenvalue weighted by molar-refractivity contribution is -0.115. The molecule has 0 saturated heterocycles. The van der Waals surface area contributed by atoms with Gasteiger partial charge in [-0.3, -0.25) is 4.79 Å². The molecule has 2 aromatic rings. The van der Waals surface area contributed by atoms with Crippen molar-refractivity contribution in [1.82, 2.24) is 0 Å².